The van der Waals surface area contributed by atoms with Crippen LogP contribution in [0.4, 0.5) is 0 Å². The van der Waals surface area contributed by atoms with Gasteiger partial charge in [-0.25, -0.2) is 4.57 Å². The third-order valence-corrected chi connectivity index (χ3v) is 7.68. The molecule has 0 saturated heterocycles. The van der Waals surface area contributed by atoms with E-state index in [1.165, 1.54) is 71.3 Å². The van der Waals surface area contributed by atoms with Gasteiger partial charge in [0.15, 0.2) is 6.20 Å². The molecule has 0 atom stereocenters. The fourth-order valence-corrected chi connectivity index (χ4v) is 6.20. The van der Waals surface area contributed by atoms with E-state index in [0.717, 1.165) is 12.8 Å². The molecule has 0 unspecified atom stereocenters. The van der Waals surface area contributed by atoms with Gasteiger partial charge in [0.1, 0.15) is 7.05 Å². The van der Waals surface area contributed by atoms with Crippen LogP contribution in [0.5, 0.6) is 0 Å². The highest BCUT2D eigenvalue weighted by Crippen LogP contribution is 2.42. The lowest BCUT2D eigenvalue weighted by Crippen LogP contribution is -2.29. The van der Waals surface area contributed by atoms with Crippen LogP contribution >= 0.6 is 0 Å². The van der Waals surface area contributed by atoms with Crippen molar-refractivity contribution in [1.82, 2.24) is 4.40 Å². The molecule has 0 saturated carbocycles. The van der Waals surface area contributed by atoms with Crippen molar-refractivity contribution in [1.29, 1.82) is 0 Å². The smallest absolute Gasteiger partial charge is 0.224 e. The van der Waals surface area contributed by atoms with Crippen LogP contribution in [0, 0.1) is 25.7 Å². The van der Waals surface area contributed by atoms with Gasteiger partial charge in [-0.1, -0.05) is 39.8 Å². The first-order chi connectivity index (χ1) is 16.2. The quantitative estimate of drug-likeness (QED) is 0.148. The summed E-state index contributed by atoms with van der Waals surface area (Å²) >= 11 is 0. The van der Waals surface area contributed by atoms with Gasteiger partial charge in [0.2, 0.25) is 5.52 Å². The van der Waals surface area contributed by atoms with E-state index >= 15 is 0 Å². The Kier molecular flexibility index (Phi) is 4.68. The first-order valence-corrected chi connectivity index (χ1v) is 12.8. The molecule has 0 spiro atoms. The molecule has 3 aromatic carbocycles. The summed E-state index contributed by atoms with van der Waals surface area (Å²) in [6, 6.07) is 16.8. The van der Waals surface area contributed by atoms with E-state index in [1.807, 2.05) is 0 Å². The van der Waals surface area contributed by atoms with Crippen LogP contribution in [0.15, 0.2) is 48.7 Å². The number of pyridine rings is 2. The van der Waals surface area contributed by atoms with E-state index in [0.29, 0.717) is 11.8 Å². The van der Waals surface area contributed by atoms with Crippen molar-refractivity contribution in [2.75, 3.05) is 0 Å². The Balaban J connectivity index is 1.91. The lowest BCUT2D eigenvalue weighted by atomic mass is 9.94. The van der Waals surface area contributed by atoms with Gasteiger partial charge < -0.3 is 4.40 Å². The lowest BCUT2D eigenvalue weighted by Gasteiger charge is -2.16. The Bertz CT molecular complexity index is 1730. The molecule has 0 fully saturated rings. The molecule has 0 aliphatic rings. The molecule has 3 aromatic heterocycles. The molecule has 2 nitrogen and oxygen atoms in total. The van der Waals surface area contributed by atoms with E-state index in [-0.39, 0.29) is 0 Å². The van der Waals surface area contributed by atoms with Crippen LogP contribution in [-0.4, -0.2) is 4.40 Å². The second kappa shape index (κ2) is 7.43. The van der Waals surface area contributed by atoms with Gasteiger partial charge in [-0.05, 0) is 90.4 Å². The zero-order valence-corrected chi connectivity index (χ0v) is 21.6. The standard InChI is InChI=1S/C32H35N2/c1-18(2)12-22-8-9-27-25(16-22)26-14-20(5)21(6)29-31(26)34(27)28-17-23(13-19(3)4)15-24-10-11-33(7)32(29)30(24)28/h8-11,14-19H,12-13H2,1-7H3/q+1. The average molecular weight is 448 g/mol. The summed E-state index contributed by atoms with van der Waals surface area (Å²) in [5.41, 5.74) is 11.0. The van der Waals surface area contributed by atoms with E-state index < -0.39 is 0 Å². The molecule has 2 heteroatoms. The molecule has 6 aromatic rings. The third-order valence-electron chi connectivity index (χ3n) is 7.68. The van der Waals surface area contributed by atoms with Crippen LogP contribution in [-0.2, 0) is 19.9 Å². The number of rotatable bonds is 4. The van der Waals surface area contributed by atoms with Crippen molar-refractivity contribution in [3.63, 3.8) is 0 Å². The zero-order valence-electron chi connectivity index (χ0n) is 21.6. The molecule has 34 heavy (non-hydrogen) atoms. The van der Waals surface area contributed by atoms with E-state index in [2.05, 4.69) is 106 Å². The van der Waals surface area contributed by atoms with Gasteiger partial charge in [-0.2, -0.15) is 0 Å². The maximum absolute atomic E-state index is 2.57. The molecular formula is C32H35N2+. The first kappa shape index (κ1) is 21.4. The van der Waals surface area contributed by atoms with Gasteiger partial charge in [-0.15, -0.1) is 0 Å². The monoisotopic (exact) mass is 447 g/mol. The second-order valence-corrected chi connectivity index (χ2v) is 11.3. The van der Waals surface area contributed by atoms with E-state index in [9.17, 15) is 0 Å². The Hall–Kier alpha value is -3.13. The Morgan fingerprint density at radius 3 is 2.24 bits per heavy atom. The highest BCUT2D eigenvalue weighted by atomic mass is 15.0. The van der Waals surface area contributed by atoms with Gasteiger partial charge in [0.25, 0.3) is 0 Å². The van der Waals surface area contributed by atoms with Crippen molar-refractivity contribution in [2.45, 2.75) is 54.4 Å². The number of hydrogen-bond acceptors (Lipinski definition) is 0. The number of benzene rings is 3. The summed E-state index contributed by atoms with van der Waals surface area (Å²) in [6.07, 6.45) is 4.46. The fourth-order valence-electron chi connectivity index (χ4n) is 6.20. The summed E-state index contributed by atoms with van der Waals surface area (Å²) in [7, 11) is 2.20. The van der Waals surface area contributed by atoms with Crippen molar-refractivity contribution in [3.05, 3.63) is 70.9 Å². The number of aryl methyl sites for hydroxylation is 3. The highest BCUT2D eigenvalue weighted by Gasteiger charge is 2.25. The SMILES string of the molecule is Cc1cc2c3cc(CC(C)C)ccc3n3c4cc(CC(C)C)cc5cc[n+](C)c(c(c1C)c23)c54. The number of aromatic nitrogens is 2. The molecule has 0 bridgehead atoms. The van der Waals surface area contributed by atoms with Crippen LogP contribution in [0.3, 0.4) is 0 Å². The predicted molar refractivity (Wildman–Crippen MR) is 146 cm³/mol. The largest absolute Gasteiger partial charge is 0.307 e. The van der Waals surface area contributed by atoms with E-state index in [1.54, 1.807) is 0 Å². The van der Waals surface area contributed by atoms with Crippen LogP contribution < -0.4 is 4.57 Å². The van der Waals surface area contributed by atoms with Gasteiger partial charge in [0.05, 0.1) is 27.3 Å². The van der Waals surface area contributed by atoms with Gasteiger partial charge >= 0.3 is 0 Å². The fraction of sp³-hybridized carbons (Fsp3) is 0.344. The summed E-state index contributed by atoms with van der Waals surface area (Å²) < 4.78 is 4.91. The Morgan fingerprint density at radius 1 is 0.765 bits per heavy atom. The highest BCUT2D eigenvalue weighted by molar-refractivity contribution is 6.26. The lowest BCUT2D eigenvalue weighted by molar-refractivity contribution is -0.643. The molecular weight excluding hydrogens is 412 g/mol. The minimum Gasteiger partial charge on any atom is -0.307 e. The molecule has 0 aliphatic carbocycles. The number of fused-ring (bicyclic) bond motifs is 5. The second-order valence-electron chi connectivity index (χ2n) is 11.3. The summed E-state index contributed by atoms with van der Waals surface area (Å²) in [6.45, 7) is 13.8. The van der Waals surface area contributed by atoms with Gasteiger partial charge in [-0.3, -0.25) is 0 Å². The maximum atomic E-state index is 2.57. The van der Waals surface area contributed by atoms with E-state index in [4.69, 9.17) is 0 Å². The minimum atomic E-state index is 0.629. The Morgan fingerprint density at radius 2 is 1.50 bits per heavy atom. The third kappa shape index (κ3) is 2.97. The molecule has 3 heterocycles. The normalized spacial score (nSPS) is 12.7. The topological polar surface area (TPSA) is 8.29 Å². The summed E-state index contributed by atoms with van der Waals surface area (Å²) in [5.74, 6) is 1.28. The Labute approximate surface area is 202 Å². The van der Waals surface area contributed by atoms with Crippen LogP contribution in [0.1, 0.15) is 49.9 Å². The summed E-state index contributed by atoms with van der Waals surface area (Å²) in [5, 5.41) is 6.89. The minimum absolute atomic E-state index is 0.629. The number of hydrogen-bond donors (Lipinski definition) is 0. The average Bonchev–Trinajstić information content (AvgIpc) is 3.08. The molecule has 0 radical (unpaired) electrons. The van der Waals surface area contributed by atoms with Crippen molar-refractivity contribution >= 4 is 49.0 Å². The van der Waals surface area contributed by atoms with Crippen molar-refractivity contribution in [2.24, 2.45) is 18.9 Å². The van der Waals surface area contributed by atoms with Gasteiger partial charge in [0, 0.05) is 16.8 Å². The van der Waals surface area contributed by atoms with Crippen LogP contribution in [0.2, 0.25) is 0 Å². The first-order valence-electron chi connectivity index (χ1n) is 12.8. The van der Waals surface area contributed by atoms with Crippen LogP contribution in [0.25, 0.3) is 49.0 Å². The van der Waals surface area contributed by atoms with Crippen molar-refractivity contribution < 1.29 is 4.57 Å². The molecule has 0 aliphatic heterocycles. The molecule has 6 rings (SSSR count). The maximum Gasteiger partial charge on any atom is 0.224 e. The molecule has 0 amide bonds. The molecule has 0 N–H and O–H groups in total. The zero-order chi connectivity index (χ0) is 23.9. The predicted octanol–water partition coefficient (Wildman–Crippen LogP) is 7.83. The van der Waals surface area contributed by atoms with Crippen molar-refractivity contribution in [3.8, 4) is 0 Å². The number of nitrogens with zero attached hydrogens (tertiary/aromatic N) is 2. The molecule has 172 valence electrons. The summed E-state index contributed by atoms with van der Waals surface area (Å²) in [4.78, 5) is 0.